The van der Waals surface area contributed by atoms with Crippen LogP contribution in [0.1, 0.15) is 0 Å². The number of fused-ring (bicyclic) bond motifs is 1. The summed E-state index contributed by atoms with van der Waals surface area (Å²) < 4.78 is 5.52. The molecule has 0 fully saturated rings. The summed E-state index contributed by atoms with van der Waals surface area (Å²) in [5, 5.41) is 5.79. The number of aromatic nitrogens is 3. The quantitative estimate of drug-likeness (QED) is 0.685. The van der Waals surface area contributed by atoms with Crippen LogP contribution in [-0.4, -0.2) is 15.1 Å². The fourth-order valence-corrected chi connectivity index (χ4v) is 1.83. The van der Waals surface area contributed by atoms with Gasteiger partial charge < -0.3 is 4.52 Å². The van der Waals surface area contributed by atoms with Crippen LogP contribution in [-0.2, 0) is 0 Å². The molecule has 0 unspecified atom stereocenters. The second-order valence-electron chi connectivity index (χ2n) is 3.25. The zero-order valence-electron chi connectivity index (χ0n) is 8.09. The van der Waals surface area contributed by atoms with Gasteiger partial charge in [0.1, 0.15) is 5.69 Å². The van der Waals surface area contributed by atoms with E-state index in [9.17, 15) is 0 Å². The summed E-state index contributed by atoms with van der Waals surface area (Å²) in [6, 6.07) is 9.89. The molecule has 0 bridgehead atoms. The van der Waals surface area contributed by atoms with Gasteiger partial charge in [-0.1, -0.05) is 24.3 Å². The summed E-state index contributed by atoms with van der Waals surface area (Å²) >= 11 is 3.15. The van der Waals surface area contributed by atoms with Crippen molar-refractivity contribution in [2.24, 2.45) is 0 Å². The van der Waals surface area contributed by atoms with Crippen molar-refractivity contribution in [2.75, 3.05) is 0 Å². The average molecular weight is 276 g/mol. The maximum atomic E-state index is 5.09. The lowest BCUT2D eigenvalue weighted by atomic mass is 10.1. The fourth-order valence-electron chi connectivity index (χ4n) is 1.59. The van der Waals surface area contributed by atoms with E-state index in [0.29, 0.717) is 16.3 Å². The third-order valence-corrected chi connectivity index (χ3v) is 2.60. The second-order valence-corrected chi connectivity index (χ2v) is 3.96. The maximum Gasteiger partial charge on any atom is 0.277 e. The van der Waals surface area contributed by atoms with Crippen molar-refractivity contribution in [1.82, 2.24) is 15.1 Å². The molecule has 5 heteroatoms. The van der Waals surface area contributed by atoms with Gasteiger partial charge in [-0.15, -0.1) is 0 Å². The van der Waals surface area contributed by atoms with Gasteiger partial charge in [0.05, 0.1) is 0 Å². The van der Waals surface area contributed by atoms with E-state index >= 15 is 0 Å². The molecule has 3 rings (SSSR count). The number of halogens is 1. The van der Waals surface area contributed by atoms with Gasteiger partial charge >= 0.3 is 0 Å². The highest BCUT2D eigenvalue weighted by Gasteiger charge is 2.11. The second kappa shape index (κ2) is 3.68. The third-order valence-electron chi connectivity index (χ3n) is 2.28. The van der Waals surface area contributed by atoms with Crippen LogP contribution in [0, 0.1) is 0 Å². The van der Waals surface area contributed by atoms with Gasteiger partial charge in [-0.05, 0) is 32.5 Å². The first kappa shape index (κ1) is 9.47. The molecule has 0 N–H and O–H groups in total. The van der Waals surface area contributed by atoms with E-state index < -0.39 is 0 Å². The van der Waals surface area contributed by atoms with Gasteiger partial charge in [0, 0.05) is 11.6 Å². The van der Waals surface area contributed by atoms with Crippen LogP contribution in [0.15, 0.2) is 45.8 Å². The van der Waals surface area contributed by atoms with Gasteiger partial charge in [-0.2, -0.15) is 4.98 Å². The van der Waals surface area contributed by atoms with Gasteiger partial charge in [-0.3, -0.25) is 4.98 Å². The molecule has 0 amide bonds. The largest absolute Gasteiger partial charge is 0.331 e. The predicted molar refractivity (Wildman–Crippen MR) is 62.7 cm³/mol. The Labute approximate surface area is 99.4 Å². The number of hydrogen-bond acceptors (Lipinski definition) is 4. The van der Waals surface area contributed by atoms with Crippen LogP contribution in [0.25, 0.3) is 22.4 Å². The van der Waals surface area contributed by atoms with Gasteiger partial charge in [0.25, 0.3) is 5.89 Å². The summed E-state index contributed by atoms with van der Waals surface area (Å²) in [5.74, 6) is 0.420. The molecule has 0 aliphatic carbocycles. The molecule has 0 aliphatic heterocycles. The zero-order chi connectivity index (χ0) is 11.0. The van der Waals surface area contributed by atoms with Gasteiger partial charge in [-0.25, -0.2) is 0 Å². The van der Waals surface area contributed by atoms with E-state index in [0.717, 1.165) is 10.8 Å². The molecule has 0 spiro atoms. The van der Waals surface area contributed by atoms with E-state index in [1.54, 1.807) is 6.20 Å². The Morgan fingerprint density at radius 1 is 1.12 bits per heavy atom. The monoisotopic (exact) mass is 275 g/mol. The molecular weight excluding hydrogens is 270 g/mol. The Hall–Kier alpha value is -1.75. The highest BCUT2D eigenvalue weighted by molar-refractivity contribution is 9.10. The normalized spacial score (nSPS) is 10.8. The van der Waals surface area contributed by atoms with Crippen LogP contribution >= 0.6 is 15.9 Å². The predicted octanol–water partition coefficient (Wildman–Crippen LogP) is 3.05. The smallest absolute Gasteiger partial charge is 0.277 e. The van der Waals surface area contributed by atoms with Crippen molar-refractivity contribution in [3.05, 3.63) is 41.3 Å². The highest BCUT2D eigenvalue weighted by atomic mass is 79.9. The lowest BCUT2D eigenvalue weighted by Gasteiger charge is -1.99. The third kappa shape index (κ3) is 1.49. The Balaban J connectivity index is 2.31. The average Bonchev–Trinajstić information content (AvgIpc) is 2.75. The van der Waals surface area contributed by atoms with E-state index in [4.69, 9.17) is 4.52 Å². The number of rotatable bonds is 1. The van der Waals surface area contributed by atoms with E-state index in [2.05, 4.69) is 31.1 Å². The van der Waals surface area contributed by atoms with E-state index in [1.807, 2.05) is 30.3 Å². The molecular formula is C11H6BrN3O. The number of pyridine rings is 1. The zero-order valence-corrected chi connectivity index (χ0v) is 9.68. The summed E-state index contributed by atoms with van der Waals surface area (Å²) in [7, 11) is 0. The molecule has 3 aromatic rings. The number of nitrogens with zero attached hydrogens (tertiary/aromatic N) is 3. The Kier molecular flexibility index (Phi) is 2.18. The van der Waals surface area contributed by atoms with E-state index in [1.165, 1.54) is 0 Å². The first-order chi connectivity index (χ1) is 7.84. The highest BCUT2D eigenvalue weighted by Crippen LogP contribution is 2.25. The molecule has 16 heavy (non-hydrogen) atoms. The van der Waals surface area contributed by atoms with Crippen molar-refractivity contribution in [3.63, 3.8) is 0 Å². The Morgan fingerprint density at radius 3 is 2.81 bits per heavy atom. The molecule has 0 saturated heterocycles. The maximum absolute atomic E-state index is 5.09. The molecule has 0 radical (unpaired) electrons. The van der Waals surface area contributed by atoms with Crippen molar-refractivity contribution >= 4 is 26.7 Å². The summed E-state index contributed by atoms with van der Waals surface area (Å²) in [6.07, 6.45) is 1.73. The Morgan fingerprint density at radius 2 is 2.00 bits per heavy atom. The minimum absolute atomic E-state index is 0.420. The van der Waals surface area contributed by atoms with Crippen molar-refractivity contribution in [2.45, 2.75) is 0 Å². The van der Waals surface area contributed by atoms with E-state index in [-0.39, 0.29) is 0 Å². The molecule has 4 nitrogen and oxygen atoms in total. The minimum atomic E-state index is 0.420. The summed E-state index contributed by atoms with van der Waals surface area (Å²) in [6.45, 7) is 0. The minimum Gasteiger partial charge on any atom is -0.331 e. The first-order valence-electron chi connectivity index (χ1n) is 4.68. The molecule has 2 aromatic heterocycles. The first-order valence-corrected chi connectivity index (χ1v) is 5.47. The van der Waals surface area contributed by atoms with Gasteiger partial charge in [0.15, 0.2) is 0 Å². The van der Waals surface area contributed by atoms with Crippen LogP contribution < -0.4 is 0 Å². The molecule has 78 valence electrons. The van der Waals surface area contributed by atoms with Crippen LogP contribution in [0.5, 0.6) is 0 Å². The number of hydrogen-bond donors (Lipinski definition) is 0. The summed E-state index contributed by atoms with van der Waals surface area (Å²) in [5.41, 5.74) is 0.705. The topological polar surface area (TPSA) is 51.8 Å². The van der Waals surface area contributed by atoms with Crippen LogP contribution in [0.4, 0.5) is 0 Å². The fraction of sp³-hybridized carbons (Fsp3) is 0. The summed E-state index contributed by atoms with van der Waals surface area (Å²) in [4.78, 5) is 8.38. The molecule has 0 saturated carbocycles. The van der Waals surface area contributed by atoms with Crippen molar-refractivity contribution in [1.29, 1.82) is 0 Å². The SMILES string of the molecule is Brc1noc(-c2nccc3ccccc23)n1. The van der Waals surface area contributed by atoms with Crippen LogP contribution in [0.2, 0.25) is 0 Å². The standard InChI is InChI=1S/C11H6BrN3O/c12-11-14-10(16-15-11)9-8-4-2-1-3-7(8)5-6-13-9/h1-6H. The lowest BCUT2D eigenvalue weighted by molar-refractivity contribution is 0.425. The molecule has 1 aromatic carbocycles. The molecule has 2 heterocycles. The lowest BCUT2D eigenvalue weighted by Crippen LogP contribution is -1.85. The van der Waals surface area contributed by atoms with Gasteiger partial charge in [0.2, 0.25) is 4.73 Å². The van der Waals surface area contributed by atoms with Crippen LogP contribution in [0.3, 0.4) is 0 Å². The molecule has 0 aliphatic rings. The molecule has 0 atom stereocenters. The Bertz CT molecular complexity index is 645. The van der Waals surface area contributed by atoms with Crippen molar-refractivity contribution in [3.8, 4) is 11.6 Å². The number of benzene rings is 1. The van der Waals surface area contributed by atoms with Crippen molar-refractivity contribution < 1.29 is 4.52 Å².